The van der Waals surface area contributed by atoms with Gasteiger partial charge in [-0.3, -0.25) is 0 Å². The molecule has 0 spiro atoms. The quantitative estimate of drug-likeness (QED) is 0.0223. The summed E-state index contributed by atoms with van der Waals surface area (Å²) in [6.45, 7) is 11.7. The molecule has 0 aromatic heterocycles. The van der Waals surface area contributed by atoms with E-state index in [4.69, 9.17) is 7.76 Å². The van der Waals surface area contributed by atoms with Crippen LogP contribution in [0.5, 0.6) is 0 Å². The normalized spacial score (nSPS) is 12.5. The Balaban J connectivity index is 0.00000173. The van der Waals surface area contributed by atoms with E-state index in [2.05, 4.69) is 80.3 Å². The maximum absolute atomic E-state index is 11.6. The van der Waals surface area contributed by atoms with Crippen LogP contribution in [0.15, 0.2) is 72.3 Å². The second-order valence-electron chi connectivity index (χ2n) is 17.2. The zero-order chi connectivity index (χ0) is 44.6. The third-order valence-electron chi connectivity index (χ3n) is 11.8. The number of rotatable bonds is 37. The second kappa shape index (κ2) is 39.8. The summed E-state index contributed by atoms with van der Waals surface area (Å²) < 4.78 is 11.0. The van der Waals surface area contributed by atoms with E-state index >= 15 is 0 Å². The van der Waals surface area contributed by atoms with Gasteiger partial charge in [0.1, 0.15) is 0 Å². The van der Waals surface area contributed by atoms with Gasteiger partial charge in [0.05, 0.1) is 0 Å². The molecule has 0 atom stereocenters. The Bertz CT molecular complexity index is 1580. The van der Waals surface area contributed by atoms with Crippen molar-refractivity contribution in [2.75, 3.05) is 13.2 Å². The van der Waals surface area contributed by atoms with E-state index in [-0.39, 0.29) is 0 Å². The first-order chi connectivity index (χ1) is 30.6. The van der Waals surface area contributed by atoms with Crippen LogP contribution < -0.4 is 0 Å². The monoisotopic (exact) mass is 893 g/mol. The molecule has 62 heavy (non-hydrogen) atoms. The molecular formula is C57H90N2NiO2. The molecule has 0 saturated heterocycles. The first kappa shape index (κ1) is 55.4. The standard InChI is InChI=1S/C53H80N2.2C2H5O.Ni/c1-4-7-9-10-11-12-13-14-15-16-17-18-19-20-21-22-23-24-25-26-27-28-29-30-31-32-33-34-41-48-42-35-36-44-51(48)52-46-50(40-8-5-2)53(55(52)54)49-43-37-39-47(45-49)38-6-3;2*1-2-3;/h32-33,35-37,39,42-46H,4-5,7-31,34,40-41H2,1-3H3;2*2H2,1H3;/q;2*-1;+2. The molecular weight excluding hydrogens is 803 g/mol. The summed E-state index contributed by atoms with van der Waals surface area (Å²) in [7, 11) is 0. The fourth-order valence-corrected chi connectivity index (χ4v) is 8.60. The summed E-state index contributed by atoms with van der Waals surface area (Å²) in [4.78, 5) is 0. The van der Waals surface area contributed by atoms with Crippen LogP contribution in [0.3, 0.4) is 0 Å². The molecule has 1 aliphatic heterocycles. The van der Waals surface area contributed by atoms with Crippen LogP contribution >= 0.6 is 0 Å². The summed E-state index contributed by atoms with van der Waals surface area (Å²) in [6, 6.07) is 16.8. The number of allylic oxidation sites excluding steroid dienone is 4. The number of hydrogen-bond donors (Lipinski definition) is 0. The zero-order valence-corrected chi connectivity index (χ0v) is 41.5. The van der Waals surface area contributed by atoms with Gasteiger partial charge in [-0.15, -0.1) is 5.92 Å². The first-order valence-electron chi connectivity index (χ1n) is 25.6. The van der Waals surface area contributed by atoms with Gasteiger partial charge < -0.3 is 5.53 Å². The van der Waals surface area contributed by atoms with Crippen LogP contribution in [0.4, 0.5) is 0 Å². The molecule has 350 valence electrons. The van der Waals surface area contributed by atoms with Gasteiger partial charge in [0.2, 0.25) is 11.4 Å². The Morgan fingerprint density at radius 2 is 1.06 bits per heavy atom. The van der Waals surface area contributed by atoms with Crippen LogP contribution in [0.25, 0.3) is 16.9 Å². The van der Waals surface area contributed by atoms with Gasteiger partial charge >= 0.3 is 49.9 Å². The molecule has 1 aliphatic rings. The number of aryl methyl sites for hydroxylation is 1. The summed E-state index contributed by atoms with van der Waals surface area (Å²) in [6.07, 6.45) is 47.8. The van der Waals surface area contributed by atoms with Crippen LogP contribution in [0, 0.1) is 11.8 Å². The molecule has 0 aliphatic carbocycles. The van der Waals surface area contributed by atoms with E-state index in [0.717, 1.165) is 75.3 Å². The van der Waals surface area contributed by atoms with Gasteiger partial charge in [0.25, 0.3) is 0 Å². The Hall–Kier alpha value is -2.77. The zero-order valence-electron chi connectivity index (χ0n) is 40.5. The van der Waals surface area contributed by atoms with E-state index in [1.54, 1.807) is 0 Å². The van der Waals surface area contributed by atoms with Gasteiger partial charge in [0.15, 0.2) is 0 Å². The van der Waals surface area contributed by atoms with Crippen LogP contribution in [0.1, 0.15) is 243 Å². The minimum absolute atomic E-state index is 0.708. The SMILES string of the molecule is CC#Cc1cccc(C2=C(CCCC)C=C(c3ccccc3CCC=CCCCCCCCCCCCCCCCCCCCCCCCCCC)[N+]2=[N-])c1.CC[O][Ni][O]CC. The van der Waals surface area contributed by atoms with Crippen molar-refractivity contribution >= 4 is 11.4 Å². The van der Waals surface area contributed by atoms with Gasteiger partial charge in [0, 0.05) is 28.3 Å². The van der Waals surface area contributed by atoms with Crippen molar-refractivity contribution in [3.05, 3.63) is 100 Å². The molecule has 5 heteroatoms. The molecule has 0 fully saturated rings. The first-order valence-corrected chi connectivity index (χ1v) is 26.5. The Kier molecular flexibility index (Phi) is 35.5. The van der Waals surface area contributed by atoms with E-state index in [1.165, 1.54) is 176 Å². The van der Waals surface area contributed by atoms with Crippen molar-refractivity contribution < 1.29 is 27.5 Å². The van der Waals surface area contributed by atoms with E-state index in [1.807, 2.05) is 32.9 Å². The number of benzene rings is 2. The summed E-state index contributed by atoms with van der Waals surface area (Å²) in [5.41, 5.74) is 19.0. The third-order valence-corrected chi connectivity index (χ3v) is 12.6. The summed E-state index contributed by atoms with van der Waals surface area (Å²) in [5.74, 6) is 6.18. The van der Waals surface area contributed by atoms with E-state index in [0.29, 0.717) is 13.2 Å². The molecule has 0 bridgehead atoms. The van der Waals surface area contributed by atoms with Gasteiger partial charge in [-0.05, 0) is 75.3 Å². The van der Waals surface area contributed by atoms with E-state index in [9.17, 15) is 5.53 Å². The topological polar surface area (TPSA) is 43.8 Å². The van der Waals surface area contributed by atoms with Crippen molar-refractivity contribution in [3.8, 4) is 11.8 Å². The average Bonchev–Trinajstić information content (AvgIpc) is 3.62. The third kappa shape index (κ3) is 26.1. The Labute approximate surface area is 389 Å². The Morgan fingerprint density at radius 3 is 1.58 bits per heavy atom. The van der Waals surface area contributed by atoms with Crippen molar-refractivity contribution in [3.63, 3.8) is 0 Å². The predicted octanol–water partition coefficient (Wildman–Crippen LogP) is 18.3. The molecule has 0 N–H and O–H groups in total. The fourth-order valence-electron chi connectivity index (χ4n) is 8.29. The number of nitrogens with zero attached hydrogens (tertiary/aromatic N) is 2. The second-order valence-corrected chi connectivity index (χ2v) is 17.9. The van der Waals surface area contributed by atoms with Crippen molar-refractivity contribution in [2.24, 2.45) is 0 Å². The molecule has 2 aromatic carbocycles. The molecule has 0 amide bonds. The predicted molar refractivity (Wildman–Crippen MR) is 265 cm³/mol. The van der Waals surface area contributed by atoms with Crippen LogP contribution in [0.2, 0.25) is 0 Å². The van der Waals surface area contributed by atoms with Crippen molar-refractivity contribution in [1.82, 2.24) is 0 Å². The van der Waals surface area contributed by atoms with Gasteiger partial charge in [-0.25, -0.2) is 4.70 Å². The minimum atomic E-state index is 0.708. The molecule has 4 nitrogen and oxygen atoms in total. The summed E-state index contributed by atoms with van der Waals surface area (Å²) >= 11 is 0.899. The van der Waals surface area contributed by atoms with Crippen LogP contribution in [-0.2, 0) is 29.3 Å². The number of unbranched alkanes of at least 4 members (excludes halogenated alkanes) is 25. The molecule has 0 radical (unpaired) electrons. The number of hydrogen-bond acceptors (Lipinski definition) is 2. The van der Waals surface area contributed by atoms with Crippen molar-refractivity contribution in [2.45, 2.75) is 227 Å². The molecule has 1 heterocycles. The Morgan fingerprint density at radius 1 is 0.565 bits per heavy atom. The maximum atomic E-state index is 11.6. The molecule has 0 unspecified atom stereocenters. The molecule has 3 rings (SSSR count). The van der Waals surface area contributed by atoms with Crippen LogP contribution in [-0.4, -0.2) is 17.9 Å². The van der Waals surface area contributed by atoms with Gasteiger partial charge in [-0.1, -0.05) is 210 Å². The fraction of sp³-hybridized carbons (Fsp3) is 0.649. The molecule has 0 saturated carbocycles. The van der Waals surface area contributed by atoms with Gasteiger partial charge in [-0.2, -0.15) is 0 Å². The molecule has 2 aromatic rings. The average molecular weight is 894 g/mol. The van der Waals surface area contributed by atoms with E-state index < -0.39 is 0 Å². The summed E-state index contributed by atoms with van der Waals surface area (Å²) in [5, 5.41) is 0. The van der Waals surface area contributed by atoms with Crippen molar-refractivity contribution in [1.29, 1.82) is 0 Å².